The van der Waals surface area contributed by atoms with Crippen LogP contribution in [0, 0.1) is 0 Å². The number of carboxylic acids is 1. The molecule has 0 atom stereocenters. The monoisotopic (exact) mass is 218 g/mol. The van der Waals surface area contributed by atoms with Crippen LogP contribution in [0.1, 0.15) is 10.5 Å². The molecule has 0 radical (unpaired) electrons. The smallest absolute Gasteiger partial charge is 0.356 e. The van der Waals surface area contributed by atoms with Gasteiger partial charge in [0.05, 0.1) is 11.4 Å². The fraction of sp³-hybridized carbons (Fsp3) is 0.0909. The molecule has 0 saturated carbocycles. The summed E-state index contributed by atoms with van der Waals surface area (Å²) in [6.45, 7) is 0. The van der Waals surface area contributed by atoms with Crippen LogP contribution in [-0.2, 0) is 7.05 Å². The predicted molar refractivity (Wildman–Crippen MR) is 57.3 cm³/mol. The van der Waals surface area contributed by atoms with E-state index < -0.39 is 5.97 Å². The number of nitrogens with zero attached hydrogens (tertiary/aromatic N) is 2. The molecule has 2 heterocycles. The van der Waals surface area contributed by atoms with Gasteiger partial charge >= 0.3 is 5.97 Å². The van der Waals surface area contributed by atoms with Crippen molar-refractivity contribution in [3.63, 3.8) is 0 Å². The molecule has 0 aliphatic heterocycles. The van der Waals surface area contributed by atoms with E-state index in [1.54, 1.807) is 31.4 Å². The van der Waals surface area contributed by atoms with Crippen LogP contribution in [0.25, 0.3) is 11.4 Å². The van der Waals surface area contributed by atoms with Gasteiger partial charge in [-0.2, -0.15) is 0 Å². The van der Waals surface area contributed by atoms with Crippen molar-refractivity contribution in [2.45, 2.75) is 0 Å². The standard InChI is InChI=1S/C11H10N2O3/c1-13-8(7-4-2-3-5-12-7)6-9(14)10(13)11(15)16/h2-6,14H,1H3,(H,15,16). The predicted octanol–water partition coefficient (Wildman–Crippen LogP) is 1.49. The molecular weight excluding hydrogens is 208 g/mol. The lowest BCUT2D eigenvalue weighted by Crippen LogP contribution is -2.05. The number of rotatable bonds is 2. The van der Waals surface area contributed by atoms with Crippen LogP contribution in [0.15, 0.2) is 30.5 Å². The van der Waals surface area contributed by atoms with E-state index in [9.17, 15) is 9.90 Å². The van der Waals surface area contributed by atoms with Crippen LogP contribution in [-0.4, -0.2) is 25.7 Å². The minimum absolute atomic E-state index is 0.138. The number of hydrogen-bond donors (Lipinski definition) is 2. The lowest BCUT2D eigenvalue weighted by molar-refractivity contribution is 0.0683. The summed E-state index contributed by atoms with van der Waals surface area (Å²) in [5.41, 5.74) is 1.05. The summed E-state index contributed by atoms with van der Waals surface area (Å²) < 4.78 is 1.40. The Morgan fingerprint density at radius 1 is 1.44 bits per heavy atom. The van der Waals surface area contributed by atoms with Gasteiger partial charge in [0.1, 0.15) is 5.75 Å². The molecule has 0 saturated heterocycles. The van der Waals surface area contributed by atoms with Crippen molar-refractivity contribution >= 4 is 5.97 Å². The molecule has 0 aliphatic rings. The van der Waals surface area contributed by atoms with Crippen molar-refractivity contribution in [1.82, 2.24) is 9.55 Å². The van der Waals surface area contributed by atoms with E-state index in [0.717, 1.165) is 0 Å². The first kappa shape index (κ1) is 10.2. The molecular formula is C11H10N2O3. The van der Waals surface area contributed by atoms with Crippen molar-refractivity contribution in [2.75, 3.05) is 0 Å². The number of pyridine rings is 1. The number of hydrogen-bond acceptors (Lipinski definition) is 3. The molecule has 0 unspecified atom stereocenters. The van der Waals surface area contributed by atoms with E-state index in [2.05, 4.69) is 4.98 Å². The van der Waals surface area contributed by atoms with Crippen molar-refractivity contribution in [2.24, 2.45) is 7.05 Å². The molecule has 0 bridgehead atoms. The molecule has 2 aromatic rings. The Kier molecular flexibility index (Phi) is 2.36. The zero-order chi connectivity index (χ0) is 11.7. The van der Waals surface area contributed by atoms with Crippen molar-refractivity contribution in [3.05, 3.63) is 36.2 Å². The van der Waals surface area contributed by atoms with Crippen molar-refractivity contribution in [3.8, 4) is 17.1 Å². The Balaban J connectivity index is 2.61. The first-order valence-electron chi connectivity index (χ1n) is 4.64. The third-order valence-corrected chi connectivity index (χ3v) is 2.34. The van der Waals surface area contributed by atoms with E-state index >= 15 is 0 Å². The number of carboxylic acid groups (broad SMARTS) is 1. The van der Waals surface area contributed by atoms with Gasteiger partial charge in [0.25, 0.3) is 0 Å². The highest BCUT2D eigenvalue weighted by Gasteiger charge is 2.19. The van der Waals surface area contributed by atoms with E-state index in [4.69, 9.17) is 5.11 Å². The van der Waals surface area contributed by atoms with Crippen LogP contribution in [0.4, 0.5) is 0 Å². The van der Waals surface area contributed by atoms with Gasteiger partial charge in [0, 0.05) is 19.3 Å². The molecule has 16 heavy (non-hydrogen) atoms. The molecule has 2 N–H and O–H groups in total. The number of aromatic hydroxyl groups is 1. The quantitative estimate of drug-likeness (QED) is 0.800. The van der Waals surface area contributed by atoms with Crippen LogP contribution in [0.3, 0.4) is 0 Å². The molecule has 0 fully saturated rings. The van der Waals surface area contributed by atoms with E-state index in [1.807, 2.05) is 0 Å². The summed E-state index contributed by atoms with van der Waals surface area (Å²) in [4.78, 5) is 15.0. The van der Waals surface area contributed by atoms with Gasteiger partial charge < -0.3 is 14.8 Å². The molecule has 0 aromatic carbocycles. The van der Waals surface area contributed by atoms with Gasteiger partial charge in [0.2, 0.25) is 0 Å². The summed E-state index contributed by atoms with van der Waals surface area (Å²) in [6.07, 6.45) is 1.61. The highest BCUT2D eigenvalue weighted by Crippen LogP contribution is 2.27. The molecule has 0 aliphatic carbocycles. The zero-order valence-electron chi connectivity index (χ0n) is 8.58. The molecule has 0 spiro atoms. The highest BCUT2D eigenvalue weighted by molar-refractivity contribution is 5.90. The zero-order valence-corrected chi connectivity index (χ0v) is 8.58. The van der Waals surface area contributed by atoms with Gasteiger partial charge in [0.15, 0.2) is 5.69 Å². The lowest BCUT2D eigenvalue weighted by Gasteiger charge is -2.03. The molecule has 2 aromatic heterocycles. The maximum atomic E-state index is 10.9. The highest BCUT2D eigenvalue weighted by atomic mass is 16.4. The van der Waals surface area contributed by atoms with Crippen LogP contribution in [0.5, 0.6) is 5.75 Å². The summed E-state index contributed by atoms with van der Waals surface area (Å²) in [5.74, 6) is -1.42. The van der Waals surface area contributed by atoms with Crippen molar-refractivity contribution < 1.29 is 15.0 Å². The maximum absolute atomic E-state index is 10.9. The Morgan fingerprint density at radius 2 is 2.19 bits per heavy atom. The maximum Gasteiger partial charge on any atom is 0.356 e. The summed E-state index contributed by atoms with van der Waals surface area (Å²) in [7, 11) is 1.58. The Morgan fingerprint density at radius 3 is 2.69 bits per heavy atom. The first-order valence-corrected chi connectivity index (χ1v) is 4.64. The third kappa shape index (κ3) is 1.52. The molecule has 5 nitrogen and oxygen atoms in total. The topological polar surface area (TPSA) is 75.3 Å². The third-order valence-electron chi connectivity index (χ3n) is 2.34. The van der Waals surface area contributed by atoms with Gasteiger partial charge in [-0.05, 0) is 12.1 Å². The second-order valence-corrected chi connectivity index (χ2v) is 3.34. The van der Waals surface area contributed by atoms with E-state index in [0.29, 0.717) is 11.4 Å². The number of aromatic nitrogens is 2. The molecule has 5 heteroatoms. The van der Waals surface area contributed by atoms with Gasteiger partial charge in [-0.15, -0.1) is 0 Å². The normalized spacial score (nSPS) is 10.3. The number of carbonyl (C=O) groups is 1. The first-order chi connectivity index (χ1) is 7.61. The second-order valence-electron chi connectivity index (χ2n) is 3.34. The van der Waals surface area contributed by atoms with Crippen LogP contribution in [0.2, 0.25) is 0 Å². The average molecular weight is 218 g/mol. The minimum atomic E-state index is -1.16. The van der Waals surface area contributed by atoms with Gasteiger partial charge in [-0.25, -0.2) is 4.79 Å². The van der Waals surface area contributed by atoms with Gasteiger partial charge in [-0.1, -0.05) is 6.07 Å². The Labute approximate surface area is 91.6 Å². The Bertz CT molecular complexity index is 532. The fourth-order valence-electron chi connectivity index (χ4n) is 1.60. The fourth-order valence-corrected chi connectivity index (χ4v) is 1.60. The largest absolute Gasteiger partial charge is 0.505 e. The van der Waals surface area contributed by atoms with Crippen molar-refractivity contribution in [1.29, 1.82) is 0 Å². The Hall–Kier alpha value is -2.30. The average Bonchev–Trinajstić information content (AvgIpc) is 2.55. The summed E-state index contributed by atoms with van der Waals surface area (Å²) in [6, 6.07) is 6.71. The SMILES string of the molecule is Cn1c(-c2ccccn2)cc(O)c1C(=O)O. The van der Waals surface area contributed by atoms with Crippen LogP contribution >= 0.6 is 0 Å². The van der Waals surface area contributed by atoms with Crippen LogP contribution < -0.4 is 0 Å². The lowest BCUT2D eigenvalue weighted by atomic mass is 10.3. The van der Waals surface area contributed by atoms with E-state index in [1.165, 1.54) is 10.6 Å². The summed E-state index contributed by atoms with van der Waals surface area (Å²) >= 11 is 0. The second kappa shape index (κ2) is 3.69. The number of aromatic carboxylic acids is 1. The minimum Gasteiger partial charge on any atom is -0.505 e. The van der Waals surface area contributed by atoms with Gasteiger partial charge in [-0.3, -0.25) is 4.98 Å². The molecule has 2 rings (SSSR count). The molecule has 0 amide bonds. The van der Waals surface area contributed by atoms with E-state index in [-0.39, 0.29) is 11.4 Å². The molecule has 82 valence electrons. The summed E-state index contributed by atoms with van der Waals surface area (Å²) in [5, 5.41) is 18.4.